The Labute approximate surface area is 236 Å². The van der Waals surface area contributed by atoms with Crippen LogP contribution in [0.2, 0.25) is 0 Å². The summed E-state index contributed by atoms with van der Waals surface area (Å²) in [5, 5.41) is 10.9. The molecule has 0 saturated carbocycles. The average molecular weight is 584 g/mol. The molecule has 3 aromatic carbocycles. The first-order valence-corrected chi connectivity index (χ1v) is 14.6. The number of hydrogen-bond donors (Lipinski definition) is 3. The van der Waals surface area contributed by atoms with Gasteiger partial charge in [-0.2, -0.15) is 5.10 Å². The predicted molar refractivity (Wildman–Crippen MR) is 151 cm³/mol. The lowest BCUT2D eigenvalue weighted by Gasteiger charge is -2.23. The third-order valence-electron chi connectivity index (χ3n) is 7.33. The SMILES string of the molecule is COc1cc(F)cc2c1c(NS(=O)(=O)c1ccc(C)c(F)c1)nn2Cc1cccc(CNC(=O)[C@]2(C)CCCN2)c1. The number of amides is 1. The largest absolute Gasteiger partial charge is 0.496 e. The number of anilines is 1. The molecule has 3 N–H and O–H groups in total. The zero-order valence-corrected chi connectivity index (χ0v) is 23.7. The number of hydrogen-bond acceptors (Lipinski definition) is 6. The van der Waals surface area contributed by atoms with Crippen LogP contribution in [0.5, 0.6) is 5.75 Å². The lowest BCUT2D eigenvalue weighted by molar-refractivity contribution is -0.126. The van der Waals surface area contributed by atoms with Crippen molar-refractivity contribution in [2.75, 3.05) is 18.4 Å². The number of carbonyl (C=O) groups excluding carboxylic acids is 1. The maximum Gasteiger partial charge on any atom is 0.263 e. The molecular formula is C29H31F2N5O4S. The summed E-state index contributed by atoms with van der Waals surface area (Å²) in [7, 11) is -2.89. The van der Waals surface area contributed by atoms with Gasteiger partial charge < -0.3 is 15.4 Å². The number of sulfonamides is 1. The second-order valence-electron chi connectivity index (χ2n) is 10.4. The van der Waals surface area contributed by atoms with Crippen LogP contribution < -0.4 is 20.1 Å². The van der Waals surface area contributed by atoms with Crippen LogP contribution in [0, 0.1) is 18.6 Å². The van der Waals surface area contributed by atoms with Gasteiger partial charge in [-0.25, -0.2) is 17.2 Å². The molecule has 0 aliphatic carbocycles. The van der Waals surface area contributed by atoms with E-state index in [1.165, 1.54) is 36.9 Å². The standard InChI is InChI=1S/C29H31F2N5O4S/c1-18-8-9-22(15-23(18)31)41(38,39)35-27-26-24(13-21(30)14-25(26)40-3)36(34-27)17-20-7-4-6-19(12-20)16-32-28(37)29(2)10-5-11-33-29/h4,6-9,12-15,33H,5,10-11,16-17H2,1-3H3,(H,32,37)(H,34,35)/t29-/m0/s1. The van der Waals surface area contributed by atoms with Crippen molar-refractivity contribution in [2.24, 2.45) is 0 Å². The van der Waals surface area contributed by atoms with E-state index >= 15 is 0 Å². The van der Waals surface area contributed by atoms with Crippen LogP contribution in [0.4, 0.5) is 14.6 Å². The second-order valence-corrected chi connectivity index (χ2v) is 12.1. The number of ether oxygens (including phenoxy) is 1. The number of rotatable bonds is 9. The van der Waals surface area contributed by atoms with Gasteiger partial charge >= 0.3 is 0 Å². The third-order valence-corrected chi connectivity index (χ3v) is 8.67. The maximum atomic E-state index is 14.5. The van der Waals surface area contributed by atoms with E-state index < -0.39 is 27.2 Å². The van der Waals surface area contributed by atoms with E-state index in [0.717, 1.165) is 42.6 Å². The van der Waals surface area contributed by atoms with Crippen LogP contribution >= 0.6 is 0 Å². The highest BCUT2D eigenvalue weighted by Crippen LogP contribution is 2.35. The van der Waals surface area contributed by atoms with Crippen molar-refractivity contribution in [1.82, 2.24) is 20.4 Å². The van der Waals surface area contributed by atoms with Gasteiger partial charge in [-0.3, -0.25) is 14.2 Å². The highest BCUT2D eigenvalue weighted by atomic mass is 32.2. The molecule has 0 unspecified atom stereocenters. The molecule has 1 aromatic heterocycles. The quantitative estimate of drug-likeness (QED) is 0.272. The number of methoxy groups -OCH3 is 1. The molecule has 1 amide bonds. The van der Waals surface area contributed by atoms with Crippen LogP contribution in [0.25, 0.3) is 10.9 Å². The molecule has 1 atom stereocenters. The fraction of sp³-hybridized carbons (Fsp3) is 0.310. The Balaban J connectivity index is 1.44. The number of fused-ring (bicyclic) bond motifs is 1. The summed E-state index contributed by atoms with van der Waals surface area (Å²) in [4.78, 5) is 12.4. The molecule has 1 aliphatic heterocycles. The minimum atomic E-state index is -4.23. The zero-order valence-electron chi connectivity index (χ0n) is 22.9. The fourth-order valence-electron chi connectivity index (χ4n) is 4.99. The lowest BCUT2D eigenvalue weighted by atomic mass is 9.99. The van der Waals surface area contributed by atoms with Gasteiger partial charge in [0.05, 0.1) is 35.0 Å². The first-order valence-electron chi connectivity index (χ1n) is 13.1. The number of benzene rings is 3. The number of aryl methyl sites for hydroxylation is 1. The molecule has 0 spiro atoms. The van der Waals surface area contributed by atoms with Crippen molar-refractivity contribution in [3.05, 3.63) is 82.9 Å². The number of halogens is 2. The van der Waals surface area contributed by atoms with E-state index in [1.807, 2.05) is 31.2 Å². The summed E-state index contributed by atoms with van der Waals surface area (Å²) in [5.74, 6) is -1.31. The Morgan fingerprint density at radius 3 is 2.63 bits per heavy atom. The zero-order chi connectivity index (χ0) is 29.4. The van der Waals surface area contributed by atoms with Crippen molar-refractivity contribution in [2.45, 2.75) is 50.2 Å². The minimum Gasteiger partial charge on any atom is -0.496 e. The topological polar surface area (TPSA) is 114 Å². The molecule has 1 fully saturated rings. The van der Waals surface area contributed by atoms with Crippen LogP contribution in [0.3, 0.4) is 0 Å². The first-order chi connectivity index (χ1) is 19.5. The summed E-state index contributed by atoms with van der Waals surface area (Å²) in [6, 6.07) is 13.5. The van der Waals surface area contributed by atoms with E-state index in [1.54, 1.807) is 0 Å². The fourth-order valence-corrected chi connectivity index (χ4v) is 6.01. The van der Waals surface area contributed by atoms with E-state index in [2.05, 4.69) is 20.5 Å². The summed E-state index contributed by atoms with van der Waals surface area (Å²) in [6.45, 7) is 4.73. The molecule has 0 bridgehead atoms. The number of nitrogens with one attached hydrogen (secondary N) is 3. The smallest absolute Gasteiger partial charge is 0.263 e. The van der Waals surface area contributed by atoms with Crippen molar-refractivity contribution in [1.29, 1.82) is 0 Å². The van der Waals surface area contributed by atoms with Crippen LogP contribution in [-0.2, 0) is 27.9 Å². The molecule has 2 heterocycles. The van der Waals surface area contributed by atoms with Crippen molar-refractivity contribution in [3.63, 3.8) is 0 Å². The molecule has 9 nitrogen and oxygen atoms in total. The monoisotopic (exact) mass is 583 g/mol. The lowest BCUT2D eigenvalue weighted by Crippen LogP contribution is -2.50. The Hall–Kier alpha value is -4.03. The van der Waals surface area contributed by atoms with E-state index in [4.69, 9.17) is 4.74 Å². The average Bonchev–Trinajstić information content (AvgIpc) is 3.52. The van der Waals surface area contributed by atoms with Gasteiger partial charge in [0, 0.05) is 18.7 Å². The molecule has 216 valence electrons. The molecule has 1 saturated heterocycles. The molecule has 41 heavy (non-hydrogen) atoms. The number of carbonyl (C=O) groups is 1. The van der Waals surface area contributed by atoms with Crippen LogP contribution in [-0.4, -0.2) is 43.3 Å². The van der Waals surface area contributed by atoms with Gasteiger partial charge in [0.2, 0.25) is 5.91 Å². The first kappa shape index (κ1) is 28.5. The van der Waals surface area contributed by atoms with Crippen molar-refractivity contribution < 1.29 is 26.7 Å². The second kappa shape index (κ2) is 11.1. The Morgan fingerprint density at radius 1 is 1.15 bits per heavy atom. The molecule has 5 rings (SSSR count). The van der Waals surface area contributed by atoms with Gasteiger partial charge in [-0.1, -0.05) is 30.3 Å². The van der Waals surface area contributed by atoms with Gasteiger partial charge in [-0.05, 0) is 62.1 Å². The van der Waals surface area contributed by atoms with Crippen molar-refractivity contribution in [3.8, 4) is 5.75 Å². The highest BCUT2D eigenvalue weighted by Gasteiger charge is 2.35. The number of aromatic nitrogens is 2. The Kier molecular flexibility index (Phi) is 7.71. The molecular weight excluding hydrogens is 552 g/mol. The van der Waals surface area contributed by atoms with Gasteiger partial charge in [0.25, 0.3) is 10.0 Å². The summed E-state index contributed by atoms with van der Waals surface area (Å²) in [6.07, 6.45) is 1.72. The van der Waals surface area contributed by atoms with E-state index in [9.17, 15) is 22.0 Å². The van der Waals surface area contributed by atoms with Crippen LogP contribution in [0.15, 0.2) is 59.5 Å². The Morgan fingerprint density at radius 2 is 1.93 bits per heavy atom. The highest BCUT2D eigenvalue weighted by molar-refractivity contribution is 7.92. The Bertz CT molecular complexity index is 1730. The summed E-state index contributed by atoms with van der Waals surface area (Å²) in [5.41, 5.74) is 1.68. The number of nitrogens with zero attached hydrogens (tertiary/aromatic N) is 2. The predicted octanol–water partition coefficient (Wildman–Crippen LogP) is 4.24. The van der Waals surface area contributed by atoms with Gasteiger partial charge in [-0.15, -0.1) is 0 Å². The van der Waals surface area contributed by atoms with E-state index in [-0.39, 0.29) is 34.3 Å². The van der Waals surface area contributed by atoms with E-state index in [0.29, 0.717) is 17.6 Å². The normalized spacial score (nSPS) is 17.1. The summed E-state index contributed by atoms with van der Waals surface area (Å²) < 4.78 is 64.2. The molecule has 12 heteroatoms. The molecule has 0 radical (unpaired) electrons. The van der Waals surface area contributed by atoms with Gasteiger partial charge in [0.15, 0.2) is 5.82 Å². The summed E-state index contributed by atoms with van der Waals surface area (Å²) >= 11 is 0. The van der Waals surface area contributed by atoms with Gasteiger partial charge in [0.1, 0.15) is 17.4 Å². The maximum absolute atomic E-state index is 14.5. The third kappa shape index (κ3) is 5.89. The van der Waals surface area contributed by atoms with Crippen molar-refractivity contribution >= 4 is 32.7 Å². The minimum absolute atomic E-state index is 0.0635. The molecule has 4 aromatic rings. The molecule has 1 aliphatic rings. The van der Waals surface area contributed by atoms with Crippen LogP contribution in [0.1, 0.15) is 36.5 Å².